The van der Waals surface area contributed by atoms with Crippen molar-refractivity contribution in [3.63, 3.8) is 0 Å². The van der Waals surface area contributed by atoms with E-state index in [1.54, 1.807) is 0 Å². The van der Waals surface area contributed by atoms with Gasteiger partial charge >= 0.3 is 0 Å². The standard InChI is InChI=1S/C14H31N3O/c1-4-7-16(8-5-6-15)11-14-12-17(13(2)3)9-10-18-14/h13-14H,4-12,15H2,1-3H3. The first-order valence-electron chi connectivity index (χ1n) is 7.45. The van der Waals surface area contributed by atoms with Crippen molar-refractivity contribution in [2.24, 2.45) is 5.73 Å². The molecule has 0 aliphatic carbocycles. The predicted octanol–water partition coefficient (Wildman–Crippen LogP) is 1.16. The van der Waals surface area contributed by atoms with Gasteiger partial charge in [-0.05, 0) is 46.3 Å². The van der Waals surface area contributed by atoms with Gasteiger partial charge in [0.05, 0.1) is 12.7 Å². The van der Waals surface area contributed by atoms with Crippen LogP contribution in [0.15, 0.2) is 0 Å². The number of hydrogen-bond donors (Lipinski definition) is 1. The third kappa shape index (κ3) is 5.65. The Morgan fingerprint density at radius 3 is 2.78 bits per heavy atom. The maximum Gasteiger partial charge on any atom is 0.0829 e. The molecule has 4 heteroatoms. The van der Waals surface area contributed by atoms with Crippen LogP contribution in [0.1, 0.15) is 33.6 Å². The minimum atomic E-state index is 0.366. The van der Waals surface area contributed by atoms with Gasteiger partial charge in [-0.2, -0.15) is 0 Å². The largest absolute Gasteiger partial charge is 0.374 e. The number of hydrogen-bond acceptors (Lipinski definition) is 4. The molecule has 1 atom stereocenters. The number of morpholine rings is 1. The number of nitrogens with zero attached hydrogens (tertiary/aromatic N) is 2. The van der Waals surface area contributed by atoms with E-state index in [1.165, 1.54) is 6.42 Å². The van der Waals surface area contributed by atoms with Gasteiger partial charge in [0.25, 0.3) is 0 Å². The first kappa shape index (κ1) is 15.9. The molecule has 108 valence electrons. The van der Waals surface area contributed by atoms with Gasteiger partial charge in [0, 0.05) is 25.7 Å². The van der Waals surface area contributed by atoms with E-state index in [-0.39, 0.29) is 0 Å². The number of ether oxygens (including phenoxy) is 1. The van der Waals surface area contributed by atoms with Crippen LogP contribution in [0, 0.1) is 0 Å². The molecule has 1 saturated heterocycles. The molecular formula is C14H31N3O. The van der Waals surface area contributed by atoms with Gasteiger partial charge in [-0.15, -0.1) is 0 Å². The van der Waals surface area contributed by atoms with Crippen molar-refractivity contribution in [2.75, 3.05) is 45.9 Å². The van der Waals surface area contributed by atoms with Crippen LogP contribution in [0.3, 0.4) is 0 Å². The van der Waals surface area contributed by atoms with Crippen LogP contribution in [0.5, 0.6) is 0 Å². The maximum absolute atomic E-state index is 5.90. The summed E-state index contributed by atoms with van der Waals surface area (Å²) in [6.07, 6.45) is 2.65. The van der Waals surface area contributed by atoms with Crippen molar-refractivity contribution < 1.29 is 4.74 Å². The van der Waals surface area contributed by atoms with Crippen LogP contribution in [-0.2, 0) is 4.74 Å². The van der Waals surface area contributed by atoms with Gasteiger partial charge in [0.1, 0.15) is 0 Å². The van der Waals surface area contributed by atoms with Crippen molar-refractivity contribution >= 4 is 0 Å². The molecule has 18 heavy (non-hydrogen) atoms. The Bertz CT molecular complexity index is 211. The number of nitrogens with two attached hydrogens (primary N) is 1. The van der Waals surface area contributed by atoms with Crippen LogP contribution in [0.4, 0.5) is 0 Å². The third-order valence-electron chi connectivity index (χ3n) is 3.58. The van der Waals surface area contributed by atoms with Gasteiger partial charge < -0.3 is 15.4 Å². The third-order valence-corrected chi connectivity index (χ3v) is 3.58. The minimum Gasteiger partial charge on any atom is -0.374 e. The van der Waals surface area contributed by atoms with Crippen LogP contribution in [0.2, 0.25) is 0 Å². The monoisotopic (exact) mass is 257 g/mol. The lowest BCUT2D eigenvalue weighted by atomic mass is 10.2. The summed E-state index contributed by atoms with van der Waals surface area (Å²) in [4.78, 5) is 5.02. The molecule has 1 unspecified atom stereocenters. The summed E-state index contributed by atoms with van der Waals surface area (Å²) < 4.78 is 5.90. The van der Waals surface area contributed by atoms with Crippen LogP contribution < -0.4 is 5.73 Å². The Balaban J connectivity index is 2.37. The molecule has 1 rings (SSSR count). The summed E-state index contributed by atoms with van der Waals surface area (Å²) in [6, 6.07) is 0.625. The Hall–Kier alpha value is -0.160. The SMILES string of the molecule is CCCN(CCCN)CC1CN(C(C)C)CCO1. The molecule has 1 heterocycles. The fraction of sp³-hybridized carbons (Fsp3) is 1.00. The van der Waals surface area contributed by atoms with Crippen molar-refractivity contribution in [3.05, 3.63) is 0 Å². The zero-order valence-electron chi connectivity index (χ0n) is 12.4. The first-order valence-corrected chi connectivity index (χ1v) is 7.45. The quantitative estimate of drug-likeness (QED) is 0.708. The Morgan fingerprint density at radius 1 is 1.39 bits per heavy atom. The molecule has 0 saturated carbocycles. The maximum atomic E-state index is 5.90. The smallest absolute Gasteiger partial charge is 0.0829 e. The lowest BCUT2D eigenvalue weighted by molar-refractivity contribution is -0.0521. The molecule has 1 aliphatic heterocycles. The van der Waals surface area contributed by atoms with Gasteiger partial charge in [0.2, 0.25) is 0 Å². The Kier molecular flexibility index (Phi) is 7.82. The summed E-state index contributed by atoms with van der Waals surface area (Å²) in [5.41, 5.74) is 5.60. The topological polar surface area (TPSA) is 41.7 Å². The highest BCUT2D eigenvalue weighted by Gasteiger charge is 2.23. The van der Waals surface area contributed by atoms with E-state index >= 15 is 0 Å². The molecule has 1 aliphatic rings. The molecule has 1 fully saturated rings. The predicted molar refractivity (Wildman–Crippen MR) is 76.9 cm³/mol. The van der Waals surface area contributed by atoms with Gasteiger partial charge in [-0.1, -0.05) is 6.92 Å². The van der Waals surface area contributed by atoms with Gasteiger partial charge in [-0.3, -0.25) is 4.90 Å². The zero-order valence-corrected chi connectivity index (χ0v) is 12.4. The molecule has 0 aromatic rings. The summed E-state index contributed by atoms with van der Waals surface area (Å²) in [5, 5.41) is 0. The summed E-state index contributed by atoms with van der Waals surface area (Å²) >= 11 is 0. The molecule has 4 nitrogen and oxygen atoms in total. The van der Waals surface area contributed by atoms with E-state index in [4.69, 9.17) is 10.5 Å². The molecule has 0 bridgehead atoms. The van der Waals surface area contributed by atoms with Gasteiger partial charge in [-0.25, -0.2) is 0 Å². The molecular weight excluding hydrogens is 226 g/mol. The lowest BCUT2D eigenvalue weighted by Gasteiger charge is -2.37. The highest BCUT2D eigenvalue weighted by atomic mass is 16.5. The van der Waals surface area contributed by atoms with Crippen molar-refractivity contribution in [1.29, 1.82) is 0 Å². The summed E-state index contributed by atoms with van der Waals surface area (Å²) in [6.45, 7) is 13.9. The Labute approximate surface area is 112 Å². The van der Waals surface area contributed by atoms with Crippen LogP contribution in [-0.4, -0.2) is 67.8 Å². The van der Waals surface area contributed by atoms with Crippen molar-refractivity contribution in [1.82, 2.24) is 9.80 Å². The lowest BCUT2D eigenvalue weighted by Crippen LogP contribution is -2.50. The molecule has 2 N–H and O–H groups in total. The van der Waals surface area contributed by atoms with E-state index < -0.39 is 0 Å². The first-order chi connectivity index (χ1) is 8.67. The second-order valence-corrected chi connectivity index (χ2v) is 5.52. The van der Waals surface area contributed by atoms with E-state index in [0.29, 0.717) is 12.1 Å². The highest BCUT2D eigenvalue weighted by Crippen LogP contribution is 2.10. The minimum absolute atomic E-state index is 0.366. The number of rotatable bonds is 8. The summed E-state index contributed by atoms with van der Waals surface area (Å²) in [5.74, 6) is 0. The van der Waals surface area contributed by atoms with Crippen LogP contribution in [0.25, 0.3) is 0 Å². The molecule has 0 spiro atoms. The molecule has 0 amide bonds. The van der Waals surface area contributed by atoms with E-state index in [9.17, 15) is 0 Å². The van der Waals surface area contributed by atoms with E-state index in [2.05, 4.69) is 30.6 Å². The van der Waals surface area contributed by atoms with E-state index in [1.807, 2.05) is 0 Å². The fourth-order valence-corrected chi connectivity index (χ4v) is 2.54. The van der Waals surface area contributed by atoms with Crippen molar-refractivity contribution in [2.45, 2.75) is 45.8 Å². The fourth-order valence-electron chi connectivity index (χ4n) is 2.54. The normalized spacial score (nSPS) is 22.0. The average Bonchev–Trinajstić information content (AvgIpc) is 2.36. The second kappa shape index (κ2) is 8.86. The highest BCUT2D eigenvalue weighted by molar-refractivity contribution is 4.77. The summed E-state index contributed by atoms with van der Waals surface area (Å²) in [7, 11) is 0. The van der Waals surface area contributed by atoms with Crippen molar-refractivity contribution in [3.8, 4) is 0 Å². The average molecular weight is 257 g/mol. The molecule has 0 aromatic heterocycles. The zero-order chi connectivity index (χ0) is 13.4. The van der Waals surface area contributed by atoms with Gasteiger partial charge in [0.15, 0.2) is 0 Å². The molecule has 0 aromatic carbocycles. The van der Waals surface area contributed by atoms with E-state index in [0.717, 1.165) is 52.3 Å². The molecule has 0 radical (unpaired) electrons. The second-order valence-electron chi connectivity index (χ2n) is 5.52. The Morgan fingerprint density at radius 2 is 2.17 bits per heavy atom. The van der Waals surface area contributed by atoms with Crippen LogP contribution >= 0.6 is 0 Å².